The molecule has 3 rings (SSSR count). The highest BCUT2D eigenvalue weighted by Gasteiger charge is 2.30. The molecule has 1 heteroatoms. The van der Waals surface area contributed by atoms with Gasteiger partial charge in [0.2, 0.25) is 0 Å². The lowest BCUT2D eigenvalue weighted by atomic mass is 9.92. The first kappa shape index (κ1) is 8.49. The van der Waals surface area contributed by atoms with Gasteiger partial charge in [0.05, 0.1) is 0 Å². The van der Waals surface area contributed by atoms with Crippen molar-refractivity contribution in [2.45, 2.75) is 37.6 Å². The van der Waals surface area contributed by atoms with Crippen LogP contribution in [0, 0.1) is 0 Å². The van der Waals surface area contributed by atoms with Crippen molar-refractivity contribution < 1.29 is 0 Å². The summed E-state index contributed by atoms with van der Waals surface area (Å²) >= 11 is 0. The summed E-state index contributed by atoms with van der Waals surface area (Å²) in [6.45, 7) is 1.23. The zero-order valence-electron chi connectivity index (χ0n) is 8.50. The molecule has 2 aliphatic rings. The number of aryl methyl sites for hydroxylation is 1. The summed E-state index contributed by atoms with van der Waals surface area (Å²) in [5.41, 5.74) is 3.21. The van der Waals surface area contributed by atoms with E-state index in [0.29, 0.717) is 0 Å². The predicted octanol–water partition coefficient (Wildman–Crippen LogP) is 2.47. The van der Waals surface area contributed by atoms with Crippen LogP contribution in [0.1, 0.15) is 36.3 Å². The Kier molecular flexibility index (Phi) is 2.06. The molecule has 1 heterocycles. The van der Waals surface area contributed by atoms with Gasteiger partial charge < -0.3 is 5.32 Å². The molecule has 0 bridgehead atoms. The number of nitrogens with one attached hydrogen (secondary N) is 1. The molecule has 1 aromatic carbocycles. The molecule has 1 aromatic rings. The van der Waals surface area contributed by atoms with Gasteiger partial charge in [-0.15, -0.1) is 0 Å². The van der Waals surface area contributed by atoms with E-state index >= 15 is 0 Å². The molecule has 1 aliphatic heterocycles. The van der Waals surface area contributed by atoms with Crippen molar-refractivity contribution in [1.29, 1.82) is 0 Å². The second-order valence-electron chi connectivity index (χ2n) is 4.55. The van der Waals surface area contributed by atoms with Gasteiger partial charge in [-0.1, -0.05) is 24.3 Å². The van der Waals surface area contributed by atoms with E-state index in [2.05, 4.69) is 29.6 Å². The maximum atomic E-state index is 3.64. The Balaban J connectivity index is 1.89. The fourth-order valence-corrected chi connectivity index (χ4v) is 3.06. The second-order valence-corrected chi connectivity index (χ2v) is 4.55. The average molecular weight is 187 g/mol. The van der Waals surface area contributed by atoms with Crippen LogP contribution in [0.3, 0.4) is 0 Å². The molecule has 0 amide bonds. The summed E-state index contributed by atoms with van der Waals surface area (Å²) in [5, 5.41) is 3.64. The van der Waals surface area contributed by atoms with E-state index in [-0.39, 0.29) is 0 Å². The Bertz CT molecular complexity index is 326. The van der Waals surface area contributed by atoms with Crippen molar-refractivity contribution in [2.75, 3.05) is 6.54 Å². The summed E-state index contributed by atoms with van der Waals surface area (Å²) < 4.78 is 0. The lowest BCUT2D eigenvalue weighted by Gasteiger charge is -2.19. The molecule has 1 nitrogen and oxygen atoms in total. The number of benzene rings is 1. The predicted molar refractivity (Wildman–Crippen MR) is 58.5 cm³/mol. The third-order valence-corrected chi connectivity index (χ3v) is 3.76. The Morgan fingerprint density at radius 3 is 2.93 bits per heavy atom. The smallest absolute Gasteiger partial charge is 0.0136 e. The SMILES string of the molecule is c1ccc2c(c1)CCC2[C@@H]1CCCN1. The van der Waals surface area contributed by atoms with Crippen LogP contribution in [0.5, 0.6) is 0 Å². The molecular formula is C13H17N. The molecule has 1 N–H and O–H groups in total. The average Bonchev–Trinajstić information content (AvgIpc) is 2.85. The van der Waals surface area contributed by atoms with Crippen LogP contribution in [-0.2, 0) is 6.42 Å². The zero-order valence-corrected chi connectivity index (χ0v) is 8.50. The van der Waals surface area contributed by atoms with E-state index < -0.39 is 0 Å². The minimum atomic E-state index is 0.763. The van der Waals surface area contributed by atoms with Crippen molar-refractivity contribution in [1.82, 2.24) is 5.32 Å². The van der Waals surface area contributed by atoms with E-state index in [1.54, 1.807) is 11.1 Å². The molecule has 14 heavy (non-hydrogen) atoms. The van der Waals surface area contributed by atoms with Gasteiger partial charge in [0, 0.05) is 6.04 Å². The highest BCUT2D eigenvalue weighted by molar-refractivity contribution is 5.36. The molecule has 0 spiro atoms. The van der Waals surface area contributed by atoms with Crippen LogP contribution in [0.2, 0.25) is 0 Å². The van der Waals surface area contributed by atoms with E-state index in [1.807, 2.05) is 0 Å². The first-order chi connectivity index (χ1) is 6.95. The second kappa shape index (κ2) is 3.39. The topological polar surface area (TPSA) is 12.0 Å². The molecule has 1 aliphatic carbocycles. The maximum Gasteiger partial charge on any atom is 0.0136 e. The quantitative estimate of drug-likeness (QED) is 0.712. The largest absolute Gasteiger partial charge is 0.313 e. The summed E-state index contributed by atoms with van der Waals surface area (Å²) in [6.07, 6.45) is 5.39. The van der Waals surface area contributed by atoms with Crippen molar-refractivity contribution in [3.05, 3.63) is 35.4 Å². The Hall–Kier alpha value is -0.820. The number of rotatable bonds is 1. The molecular weight excluding hydrogens is 170 g/mol. The van der Waals surface area contributed by atoms with Gasteiger partial charge in [-0.2, -0.15) is 0 Å². The van der Waals surface area contributed by atoms with Crippen LogP contribution < -0.4 is 5.32 Å². The molecule has 1 saturated heterocycles. The fourth-order valence-electron chi connectivity index (χ4n) is 3.06. The molecule has 1 fully saturated rings. The zero-order chi connectivity index (χ0) is 9.38. The summed E-state index contributed by atoms with van der Waals surface area (Å²) in [6, 6.07) is 9.74. The van der Waals surface area contributed by atoms with Crippen molar-refractivity contribution in [3.63, 3.8) is 0 Å². The third-order valence-electron chi connectivity index (χ3n) is 3.76. The van der Waals surface area contributed by atoms with Crippen LogP contribution in [-0.4, -0.2) is 12.6 Å². The van der Waals surface area contributed by atoms with Crippen molar-refractivity contribution >= 4 is 0 Å². The van der Waals surface area contributed by atoms with Crippen molar-refractivity contribution in [2.24, 2.45) is 0 Å². The standard InChI is InChI=1S/C13H17N/c1-2-5-11-10(4-1)7-8-12(11)13-6-3-9-14-13/h1-2,4-5,12-14H,3,6-9H2/t12?,13-/m0/s1. The Morgan fingerprint density at radius 1 is 1.14 bits per heavy atom. The van der Waals surface area contributed by atoms with Gasteiger partial charge in [-0.25, -0.2) is 0 Å². The first-order valence-corrected chi connectivity index (χ1v) is 5.76. The molecule has 0 radical (unpaired) electrons. The van der Waals surface area contributed by atoms with Gasteiger partial charge in [0.1, 0.15) is 0 Å². The van der Waals surface area contributed by atoms with Gasteiger partial charge in [-0.3, -0.25) is 0 Å². The monoisotopic (exact) mass is 187 g/mol. The lowest BCUT2D eigenvalue weighted by molar-refractivity contribution is 0.486. The summed E-state index contributed by atoms with van der Waals surface area (Å²) in [4.78, 5) is 0. The van der Waals surface area contributed by atoms with Crippen LogP contribution in [0.15, 0.2) is 24.3 Å². The van der Waals surface area contributed by atoms with Crippen LogP contribution in [0.4, 0.5) is 0 Å². The summed E-state index contributed by atoms with van der Waals surface area (Å²) in [5.74, 6) is 0.800. The number of hydrogen-bond donors (Lipinski definition) is 1. The number of hydrogen-bond acceptors (Lipinski definition) is 1. The molecule has 1 unspecified atom stereocenters. The first-order valence-electron chi connectivity index (χ1n) is 5.76. The lowest BCUT2D eigenvalue weighted by Crippen LogP contribution is -2.27. The molecule has 2 atom stereocenters. The maximum absolute atomic E-state index is 3.64. The number of fused-ring (bicyclic) bond motifs is 1. The van der Waals surface area contributed by atoms with Gasteiger partial charge in [0.25, 0.3) is 0 Å². The van der Waals surface area contributed by atoms with Gasteiger partial charge in [0.15, 0.2) is 0 Å². The van der Waals surface area contributed by atoms with Gasteiger partial charge >= 0.3 is 0 Å². The van der Waals surface area contributed by atoms with E-state index in [0.717, 1.165) is 12.0 Å². The molecule has 0 saturated carbocycles. The summed E-state index contributed by atoms with van der Waals surface area (Å²) in [7, 11) is 0. The van der Waals surface area contributed by atoms with E-state index in [9.17, 15) is 0 Å². The van der Waals surface area contributed by atoms with Gasteiger partial charge in [-0.05, 0) is 49.3 Å². The van der Waals surface area contributed by atoms with E-state index in [4.69, 9.17) is 0 Å². The fraction of sp³-hybridized carbons (Fsp3) is 0.538. The Morgan fingerprint density at radius 2 is 2.07 bits per heavy atom. The Labute approximate surface area is 85.5 Å². The van der Waals surface area contributed by atoms with E-state index in [1.165, 1.54) is 32.2 Å². The molecule has 0 aromatic heterocycles. The minimum absolute atomic E-state index is 0.763. The third kappa shape index (κ3) is 1.27. The molecule has 74 valence electrons. The minimum Gasteiger partial charge on any atom is -0.313 e. The van der Waals surface area contributed by atoms with Crippen LogP contribution >= 0.6 is 0 Å². The highest BCUT2D eigenvalue weighted by atomic mass is 14.9. The van der Waals surface area contributed by atoms with Crippen molar-refractivity contribution in [3.8, 4) is 0 Å². The van der Waals surface area contributed by atoms with Crippen LogP contribution in [0.25, 0.3) is 0 Å². The normalized spacial score (nSPS) is 30.6. The highest BCUT2D eigenvalue weighted by Crippen LogP contribution is 2.37.